The van der Waals surface area contributed by atoms with Crippen molar-refractivity contribution in [2.45, 2.75) is 51.3 Å². The highest BCUT2D eigenvalue weighted by Gasteiger charge is 2.70. The van der Waals surface area contributed by atoms with Gasteiger partial charge in [0, 0.05) is 31.0 Å². The molecule has 24 heavy (non-hydrogen) atoms. The van der Waals surface area contributed by atoms with Gasteiger partial charge in [-0.2, -0.15) is 0 Å². The number of nitrogens with one attached hydrogen (secondary N) is 1. The van der Waals surface area contributed by atoms with Gasteiger partial charge in [-0.15, -0.1) is 0 Å². The molecule has 4 unspecified atom stereocenters. The van der Waals surface area contributed by atoms with Crippen LogP contribution in [-0.2, 0) is 19.1 Å². The Morgan fingerprint density at radius 1 is 1.25 bits per heavy atom. The maximum Gasteiger partial charge on any atom is 0.245 e. The zero-order chi connectivity index (χ0) is 17.5. The largest absolute Gasteiger partial charge is 0.378 e. The van der Waals surface area contributed by atoms with Gasteiger partial charge in [0.25, 0.3) is 0 Å². The van der Waals surface area contributed by atoms with Crippen LogP contribution in [0.5, 0.6) is 0 Å². The van der Waals surface area contributed by atoms with Gasteiger partial charge in [0.1, 0.15) is 11.6 Å². The van der Waals surface area contributed by atoms with E-state index < -0.39 is 17.0 Å². The van der Waals surface area contributed by atoms with E-state index in [2.05, 4.69) is 5.32 Å². The summed E-state index contributed by atoms with van der Waals surface area (Å²) in [6, 6.07) is -0.588. The number of rotatable bonds is 3. The number of fused-ring (bicyclic) bond motifs is 1. The molecule has 3 N–H and O–H groups in total. The number of hydrogen-bond acceptors (Lipinski definition) is 5. The Bertz CT molecular complexity index is 518. The number of nitrogens with zero attached hydrogens (tertiary/aromatic N) is 1. The summed E-state index contributed by atoms with van der Waals surface area (Å²) < 4.78 is 11.1. The van der Waals surface area contributed by atoms with Crippen molar-refractivity contribution in [2.24, 2.45) is 17.1 Å². The van der Waals surface area contributed by atoms with Crippen molar-refractivity contribution in [3.05, 3.63) is 0 Å². The smallest absolute Gasteiger partial charge is 0.245 e. The minimum absolute atomic E-state index is 0.0203. The minimum Gasteiger partial charge on any atom is -0.378 e. The third-order valence-corrected chi connectivity index (χ3v) is 6.10. The fourth-order valence-electron chi connectivity index (χ4n) is 4.47. The zero-order valence-corrected chi connectivity index (χ0v) is 14.8. The second-order valence-electron chi connectivity index (χ2n) is 7.76. The van der Waals surface area contributed by atoms with Crippen molar-refractivity contribution in [2.75, 3.05) is 32.9 Å². The standard InChI is InChI=1S/C17H29N3O4/c1-11(14(21)20-6-9-23-10-7-20)19-15(22)17(18)12-5-4-8-24-13(12)16(17,2)3/h11-13H,4-10,18H2,1-3H3,(H,19,22). The fourth-order valence-corrected chi connectivity index (χ4v) is 4.47. The molecule has 0 radical (unpaired) electrons. The van der Waals surface area contributed by atoms with E-state index in [4.69, 9.17) is 15.2 Å². The van der Waals surface area contributed by atoms with Crippen LogP contribution >= 0.6 is 0 Å². The third-order valence-electron chi connectivity index (χ3n) is 6.10. The SMILES string of the molecule is CC(NC(=O)C1(N)C2CCCOC2C1(C)C)C(=O)N1CCOCC1. The molecule has 7 nitrogen and oxygen atoms in total. The van der Waals surface area contributed by atoms with Gasteiger partial charge in [0.2, 0.25) is 11.8 Å². The molecule has 2 amide bonds. The normalized spacial score (nSPS) is 36.2. The summed E-state index contributed by atoms with van der Waals surface area (Å²) in [7, 11) is 0. The first-order valence-electron chi connectivity index (χ1n) is 8.88. The lowest BCUT2D eigenvalue weighted by Gasteiger charge is -2.65. The summed E-state index contributed by atoms with van der Waals surface area (Å²) >= 11 is 0. The van der Waals surface area contributed by atoms with Crippen LogP contribution in [0.2, 0.25) is 0 Å². The Labute approximate surface area is 143 Å². The van der Waals surface area contributed by atoms with Crippen LogP contribution in [0.15, 0.2) is 0 Å². The van der Waals surface area contributed by atoms with Crippen LogP contribution in [-0.4, -0.2) is 67.3 Å². The van der Waals surface area contributed by atoms with Crippen LogP contribution in [0.1, 0.15) is 33.6 Å². The maximum absolute atomic E-state index is 12.9. The monoisotopic (exact) mass is 339 g/mol. The Balaban J connectivity index is 1.66. The van der Waals surface area contributed by atoms with E-state index in [0.29, 0.717) is 26.3 Å². The van der Waals surface area contributed by atoms with Crippen LogP contribution in [0.3, 0.4) is 0 Å². The van der Waals surface area contributed by atoms with Gasteiger partial charge in [0.05, 0.1) is 19.3 Å². The predicted octanol–water partition coefficient (Wildman–Crippen LogP) is -0.118. The van der Waals surface area contributed by atoms with Crippen molar-refractivity contribution in [1.82, 2.24) is 10.2 Å². The van der Waals surface area contributed by atoms with Crippen LogP contribution < -0.4 is 11.1 Å². The number of hydrogen-bond donors (Lipinski definition) is 2. The van der Waals surface area contributed by atoms with E-state index in [9.17, 15) is 9.59 Å². The second-order valence-corrected chi connectivity index (χ2v) is 7.76. The summed E-state index contributed by atoms with van der Waals surface area (Å²) in [6.45, 7) is 8.63. The molecule has 3 fully saturated rings. The summed E-state index contributed by atoms with van der Waals surface area (Å²) in [5.74, 6) is -0.302. The van der Waals surface area contributed by atoms with Gasteiger partial charge in [-0.1, -0.05) is 13.8 Å². The second kappa shape index (κ2) is 6.28. The molecule has 0 aromatic rings. The van der Waals surface area contributed by atoms with Gasteiger partial charge in [-0.3, -0.25) is 9.59 Å². The molecule has 4 atom stereocenters. The molecule has 3 rings (SSSR count). The molecule has 0 spiro atoms. The molecule has 136 valence electrons. The highest BCUT2D eigenvalue weighted by Crippen LogP contribution is 2.57. The molecule has 3 aliphatic rings. The number of amides is 2. The molecule has 0 aromatic heterocycles. The predicted molar refractivity (Wildman–Crippen MR) is 88.2 cm³/mol. The highest BCUT2D eigenvalue weighted by atomic mass is 16.5. The summed E-state index contributed by atoms with van der Waals surface area (Å²) in [6.07, 6.45) is 1.84. The summed E-state index contributed by atoms with van der Waals surface area (Å²) in [4.78, 5) is 27.2. The first kappa shape index (κ1) is 17.6. The average Bonchev–Trinajstić information content (AvgIpc) is 2.60. The van der Waals surface area contributed by atoms with Crippen molar-refractivity contribution in [3.63, 3.8) is 0 Å². The Hall–Kier alpha value is -1.18. The van der Waals surface area contributed by atoms with E-state index in [1.54, 1.807) is 11.8 Å². The van der Waals surface area contributed by atoms with Crippen LogP contribution in [0.4, 0.5) is 0 Å². The number of ether oxygens (including phenoxy) is 2. The molecule has 2 aliphatic heterocycles. The first-order valence-corrected chi connectivity index (χ1v) is 8.88. The average molecular weight is 339 g/mol. The highest BCUT2D eigenvalue weighted by molar-refractivity contribution is 5.94. The van der Waals surface area contributed by atoms with E-state index in [1.165, 1.54) is 0 Å². The van der Waals surface area contributed by atoms with E-state index in [0.717, 1.165) is 19.4 Å². The maximum atomic E-state index is 12.9. The molecule has 1 aliphatic carbocycles. The molecular weight excluding hydrogens is 310 g/mol. The molecule has 0 bridgehead atoms. The Morgan fingerprint density at radius 3 is 2.58 bits per heavy atom. The minimum atomic E-state index is -0.988. The van der Waals surface area contributed by atoms with Gasteiger partial charge < -0.3 is 25.4 Å². The number of carbonyl (C=O) groups excluding carboxylic acids is 2. The van der Waals surface area contributed by atoms with Gasteiger partial charge in [-0.05, 0) is 19.8 Å². The fraction of sp³-hybridized carbons (Fsp3) is 0.882. The Morgan fingerprint density at radius 2 is 1.92 bits per heavy atom. The molecule has 7 heteroatoms. The van der Waals surface area contributed by atoms with Crippen LogP contribution in [0, 0.1) is 11.3 Å². The van der Waals surface area contributed by atoms with Gasteiger partial charge in [0.15, 0.2) is 0 Å². The zero-order valence-electron chi connectivity index (χ0n) is 14.8. The van der Waals surface area contributed by atoms with E-state index in [1.807, 2.05) is 13.8 Å². The van der Waals surface area contributed by atoms with Crippen molar-refractivity contribution >= 4 is 11.8 Å². The molecular formula is C17H29N3O4. The number of carbonyl (C=O) groups is 2. The number of morpholine rings is 1. The quantitative estimate of drug-likeness (QED) is 0.748. The lowest BCUT2D eigenvalue weighted by atomic mass is 9.46. The molecule has 2 saturated heterocycles. The van der Waals surface area contributed by atoms with E-state index >= 15 is 0 Å². The van der Waals surface area contributed by atoms with Crippen molar-refractivity contribution in [1.29, 1.82) is 0 Å². The molecule has 0 aromatic carbocycles. The molecule has 2 heterocycles. The summed E-state index contributed by atoms with van der Waals surface area (Å²) in [5, 5.41) is 2.86. The molecule has 1 saturated carbocycles. The third kappa shape index (κ3) is 2.53. The lowest BCUT2D eigenvalue weighted by molar-refractivity contribution is -0.225. The van der Waals surface area contributed by atoms with Gasteiger partial charge in [-0.25, -0.2) is 0 Å². The van der Waals surface area contributed by atoms with Crippen molar-refractivity contribution < 1.29 is 19.1 Å². The van der Waals surface area contributed by atoms with Crippen LogP contribution in [0.25, 0.3) is 0 Å². The Kier molecular flexibility index (Phi) is 4.61. The van der Waals surface area contributed by atoms with E-state index in [-0.39, 0.29) is 23.8 Å². The van der Waals surface area contributed by atoms with Gasteiger partial charge >= 0.3 is 0 Å². The number of nitrogens with two attached hydrogens (primary N) is 1. The lowest BCUT2D eigenvalue weighted by Crippen LogP contribution is -2.82. The summed E-state index contributed by atoms with van der Waals surface area (Å²) in [5.41, 5.74) is 5.14. The van der Waals surface area contributed by atoms with Crippen molar-refractivity contribution in [3.8, 4) is 0 Å². The first-order chi connectivity index (χ1) is 11.3. The topological polar surface area (TPSA) is 93.9 Å².